The highest BCUT2D eigenvalue weighted by Crippen LogP contribution is 2.48. The summed E-state index contributed by atoms with van der Waals surface area (Å²) in [5.74, 6) is -1.86. The fourth-order valence-corrected chi connectivity index (χ4v) is 5.55. The number of nitrogens with zero attached hydrogens (tertiary/aromatic N) is 4. The molecule has 41 heavy (non-hydrogen) atoms. The van der Waals surface area contributed by atoms with Gasteiger partial charge in [0, 0.05) is 52.0 Å². The zero-order chi connectivity index (χ0) is 29.7. The molecule has 0 atom stereocenters. The number of urea groups is 1. The van der Waals surface area contributed by atoms with Crippen LogP contribution in [0.1, 0.15) is 30.4 Å². The minimum atomic E-state index is -5.36. The Balaban J connectivity index is 1.43. The minimum absolute atomic E-state index is 0.0523. The van der Waals surface area contributed by atoms with Crippen molar-refractivity contribution in [1.82, 2.24) is 9.80 Å². The SMILES string of the molecule is CN(C(=O)Oc1c(N2CCN(CCN3CC4(CCC4)C3)C2=O)cc(C(F)(F)F)cc1C(F)(F)F)c1ccc(F)cc1. The van der Waals surface area contributed by atoms with Gasteiger partial charge in [-0.2, -0.15) is 26.3 Å². The summed E-state index contributed by atoms with van der Waals surface area (Å²) in [6, 6.07) is 3.79. The van der Waals surface area contributed by atoms with E-state index in [1.54, 1.807) is 0 Å². The minimum Gasteiger partial charge on any atom is -0.407 e. The van der Waals surface area contributed by atoms with E-state index in [0.717, 1.165) is 54.9 Å². The van der Waals surface area contributed by atoms with Gasteiger partial charge < -0.3 is 14.5 Å². The predicted molar refractivity (Wildman–Crippen MR) is 134 cm³/mol. The first kappa shape index (κ1) is 29.0. The van der Waals surface area contributed by atoms with Gasteiger partial charge in [-0.15, -0.1) is 0 Å². The number of carbonyl (C=O) groups excluding carboxylic acids is 2. The van der Waals surface area contributed by atoms with Crippen LogP contribution in [-0.4, -0.2) is 68.2 Å². The van der Waals surface area contributed by atoms with Gasteiger partial charge in [0.2, 0.25) is 0 Å². The first-order chi connectivity index (χ1) is 19.2. The molecule has 1 saturated carbocycles. The van der Waals surface area contributed by atoms with Gasteiger partial charge in [-0.25, -0.2) is 14.0 Å². The van der Waals surface area contributed by atoms with Crippen molar-refractivity contribution in [2.24, 2.45) is 5.41 Å². The largest absolute Gasteiger partial charge is 0.420 e. The average molecular weight is 589 g/mol. The number of rotatable bonds is 6. The van der Waals surface area contributed by atoms with Gasteiger partial charge in [-0.1, -0.05) is 6.42 Å². The van der Waals surface area contributed by atoms with Crippen LogP contribution in [0.4, 0.5) is 51.7 Å². The molecule has 2 aromatic carbocycles. The molecule has 1 spiro atoms. The third kappa shape index (κ3) is 5.79. The fourth-order valence-electron chi connectivity index (χ4n) is 5.55. The van der Waals surface area contributed by atoms with E-state index >= 15 is 0 Å². The molecule has 222 valence electrons. The number of likely N-dealkylation sites (tertiary alicyclic amines) is 1. The van der Waals surface area contributed by atoms with Crippen LogP contribution in [0.2, 0.25) is 0 Å². The van der Waals surface area contributed by atoms with Crippen LogP contribution in [0, 0.1) is 11.2 Å². The lowest BCUT2D eigenvalue weighted by molar-refractivity contribution is -0.143. The molecule has 3 amide bonds. The highest BCUT2D eigenvalue weighted by Gasteiger charge is 2.47. The number of alkyl halides is 6. The maximum absolute atomic E-state index is 14.1. The summed E-state index contributed by atoms with van der Waals surface area (Å²) in [6.07, 6.45) is -8.41. The lowest BCUT2D eigenvalue weighted by Crippen LogP contribution is -2.60. The molecule has 0 radical (unpaired) electrons. The number of hydrogen-bond donors (Lipinski definition) is 0. The Bertz CT molecular complexity index is 1320. The Morgan fingerprint density at radius 1 is 0.976 bits per heavy atom. The molecular formula is C27H27F7N4O3. The summed E-state index contributed by atoms with van der Waals surface area (Å²) in [6.45, 7) is 2.45. The number of halogens is 7. The van der Waals surface area contributed by atoms with Crippen molar-refractivity contribution in [3.8, 4) is 5.75 Å². The van der Waals surface area contributed by atoms with Crippen LogP contribution >= 0.6 is 0 Å². The van der Waals surface area contributed by atoms with Gasteiger partial charge >= 0.3 is 24.5 Å². The monoisotopic (exact) mass is 588 g/mol. The van der Waals surface area contributed by atoms with E-state index in [2.05, 4.69) is 4.90 Å². The van der Waals surface area contributed by atoms with Crippen LogP contribution in [0.15, 0.2) is 36.4 Å². The molecule has 2 aliphatic heterocycles. The van der Waals surface area contributed by atoms with Crippen molar-refractivity contribution in [3.63, 3.8) is 0 Å². The Kier molecular flexibility index (Phi) is 7.33. The fraction of sp³-hybridized carbons (Fsp3) is 0.481. The van der Waals surface area contributed by atoms with Gasteiger partial charge in [0.25, 0.3) is 0 Å². The molecule has 3 aliphatic rings. The number of benzene rings is 2. The van der Waals surface area contributed by atoms with Crippen LogP contribution < -0.4 is 14.5 Å². The van der Waals surface area contributed by atoms with E-state index in [9.17, 15) is 40.3 Å². The lowest BCUT2D eigenvalue weighted by Gasteiger charge is -2.56. The van der Waals surface area contributed by atoms with Gasteiger partial charge in [0.1, 0.15) is 11.4 Å². The molecule has 0 aromatic heterocycles. The normalized spacial score (nSPS) is 18.9. The van der Waals surface area contributed by atoms with Gasteiger partial charge in [-0.05, 0) is 54.7 Å². The zero-order valence-corrected chi connectivity index (χ0v) is 22.0. The standard InChI is InChI=1S/C27H27F7N4O3/c1-35(19-5-3-18(28)4-6-19)24(40)41-22-20(27(32,33)34)13-17(26(29,30)31)14-21(22)38-12-11-37(23(38)39)10-9-36-15-25(16-36)7-2-8-25/h3-6,13-14H,2,7-12,15-16H2,1H3. The van der Waals surface area contributed by atoms with Crippen molar-refractivity contribution >= 4 is 23.5 Å². The van der Waals surface area contributed by atoms with E-state index in [1.165, 1.54) is 23.5 Å². The number of ether oxygens (including phenoxy) is 1. The van der Waals surface area contributed by atoms with Crippen LogP contribution in [-0.2, 0) is 12.4 Å². The summed E-state index contributed by atoms with van der Waals surface area (Å²) in [7, 11) is 1.14. The third-order valence-electron chi connectivity index (χ3n) is 7.98. The van der Waals surface area contributed by atoms with E-state index in [-0.39, 0.29) is 31.4 Å². The van der Waals surface area contributed by atoms with Gasteiger partial charge in [0.05, 0.1) is 11.3 Å². The maximum Gasteiger partial charge on any atom is 0.420 e. The number of amides is 3. The number of carbonyl (C=O) groups is 2. The van der Waals surface area contributed by atoms with Crippen molar-refractivity contribution in [1.29, 1.82) is 0 Å². The predicted octanol–water partition coefficient (Wildman–Crippen LogP) is 6.23. The maximum atomic E-state index is 14.1. The molecule has 3 fully saturated rings. The molecule has 0 N–H and O–H groups in total. The van der Waals surface area contributed by atoms with Crippen LogP contribution in [0.25, 0.3) is 0 Å². The second-order valence-corrected chi connectivity index (χ2v) is 10.8. The highest BCUT2D eigenvalue weighted by atomic mass is 19.4. The molecule has 2 heterocycles. The molecule has 0 unspecified atom stereocenters. The van der Waals surface area contributed by atoms with E-state index in [0.29, 0.717) is 18.0 Å². The van der Waals surface area contributed by atoms with Crippen molar-refractivity contribution < 1.29 is 45.1 Å². The average Bonchev–Trinajstić information content (AvgIpc) is 3.20. The summed E-state index contributed by atoms with van der Waals surface area (Å²) >= 11 is 0. The summed E-state index contributed by atoms with van der Waals surface area (Å²) < 4.78 is 102. The van der Waals surface area contributed by atoms with Gasteiger partial charge in [-0.3, -0.25) is 9.80 Å². The Labute approximate surface area is 231 Å². The van der Waals surface area contributed by atoms with E-state index < -0.39 is 52.9 Å². The smallest absolute Gasteiger partial charge is 0.407 e. The second kappa shape index (κ2) is 10.4. The number of anilines is 2. The molecule has 2 aromatic rings. The van der Waals surface area contributed by atoms with E-state index in [1.807, 2.05) is 0 Å². The Hall–Kier alpha value is -3.55. The highest BCUT2D eigenvalue weighted by molar-refractivity contribution is 5.97. The molecule has 2 saturated heterocycles. The molecule has 5 rings (SSSR count). The van der Waals surface area contributed by atoms with Crippen molar-refractivity contribution in [2.75, 3.05) is 56.1 Å². The molecular weight excluding hydrogens is 561 g/mol. The summed E-state index contributed by atoms with van der Waals surface area (Å²) in [5.41, 5.74) is -3.92. The van der Waals surface area contributed by atoms with E-state index in [4.69, 9.17) is 4.74 Å². The molecule has 0 bridgehead atoms. The Morgan fingerprint density at radius 3 is 2.20 bits per heavy atom. The first-order valence-corrected chi connectivity index (χ1v) is 13.0. The van der Waals surface area contributed by atoms with Crippen LogP contribution in [0.5, 0.6) is 5.75 Å². The topological polar surface area (TPSA) is 56.3 Å². The zero-order valence-electron chi connectivity index (χ0n) is 22.0. The van der Waals surface area contributed by atoms with Crippen molar-refractivity contribution in [2.45, 2.75) is 31.6 Å². The van der Waals surface area contributed by atoms with Gasteiger partial charge in [0.15, 0.2) is 5.75 Å². The van der Waals surface area contributed by atoms with Crippen molar-refractivity contribution in [3.05, 3.63) is 53.3 Å². The quantitative estimate of drug-likeness (QED) is 0.376. The third-order valence-corrected chi connectivity index (χ3v) is 7.98. The molecule has 14 heteroatoms. The van der Waals surface area contributed by atoms with Crippen LogP contribution in [0.3, 0.4) is 0 Å². The Morgan fingerprint density at radius 2 is 1.63 bits per heavy atom. The number of hydrogen-bond acceptors (Lipinski definition) is 4. The second-order valence-electron chi connectivity index (χ2n) is 10.8. The molecule has 7 nitrogen and oxygen atoms in total. The summed E-state index contributed by atoms with van der Waals surface area (Å²) in [5, 5.41) is 0. The molecule has 1 aliphatic carbocycles. The lowest BCUT2D eigenvalue weighted by atomic mass is 9.63. The first-order valence-electron chi connectivity index (χ1n) is 13.0. The summed E-state index contributed by atoms with van der Waals surface area (Å²) in [4.78, 5) is 31.2.